The molecule has 1 aromatic rings. The van der Waals surface area contributed by atoms with Gasteiger partial charge in [0.15, 0.2) is 0 Å². The van der Waals surface area contributed by atoms with Gasteiger partial charge in [-0.05, 0) is 30.0 Å². The molecule has 1 N–H and O–H groups in total. The molecule has 64 valence electrons. The third kappa shape index (κ3) is 2.75. The quantitative estimate of drug-likeness (QED) is 0.801. The minimum absolute atomic E-state index is 0. The molecule has 0 aromatic heterocycles. The summed E-state index contributed by atoms with van der Waals surface area (Å²) < 4.78 is 0. The average Bonchev–Trinajstić information content (AvgIpc) is 1.94. The second-order valence-electron chi connectivity index (χ2n) is 3.20. The maximum absolute atomic E-state index is 9.35. The number of benzene rings is 1. The predicted octanol–water partition coefficient (Wildman–Crippen LogP) is 2.82. The molecule has 0 bridgehead atoms. The zero-order valence-electron chi connectivity index (χ0n) is 7.76. The molecule has 1 nitrogen and oxygen atoms in total. The van der Waals surface area contributed by atoms with E-state index in [1.54, 1.807) is 0 Å². The fourth-order valence-electron chi connectivity index (χ4n) is 0.986. The Balaban J connectivity index is 0.00000121. The van der Waals surface area contributed by atoms with Crippen molar-refractivity contribution in [1.82, 2.24) is 0 Å². The second kappa shape index (κ2) is 4.81. The SMILES string of the molecule is Cc1ccc(C(C)C)cc1O.[Zr]. The maximum Gasteiger partial charge on any atom is 0.118 e. The van der Waals surface area contributed by atoms with E-state index in [1.165, 1.54) is 5.56 Å². The first-order chi connectivity index (χ1) is 5.11. The minimum Gasteiger partial charge on any atom is -0.508 e. The molecule has 0 atom stereocenters. The predicted molar refractivity (Wildman–Crippen MR) is 46.9 cm³/mol. The molecule has 0 fully saturated rings. The zero-order valence-corrected chi connectivity index (χ0v) is 10.2. The molecule has 0 amide bonds. The van der Waals surface area contributed by atoms with Gasteiger partial charge < -0.3 is 5.11 Å². The van der Waals surface area contributed by atoms with Gasteiger partial charge in [-0.2, -0.15) is 0 Å². The Labute approximate surface area is 92.9 Å². The summed E-state index contributed by atoms with van der Waals surface area (Å²) in [4.78, 5) is 0. The van der Waals surface area contributed by atoms with Crippen LogP contribution in [0.3, 0.4) is 0 Å². The van der Waals surface area contributed by atoms with Gasteiger partial charge in [0.25, 0.3) is 0 Å². The number of aromatic hydroxyl groups is 1. The first kappa shape index (κ1) is 11.9. The van der Waals surface area contributed by atoms with Gasteiger partial charge in [-0.1, -0.05) is 26.0 Å². The Morgan fingerprint density at radius 1 is 1.25 bits per heavy atom. The van der Waals surface area contributed by atoms with Crippen LogP contribution >= 0.6 is 0 Å². The smallest absolute Gasteiger partial charge is 0.118 e. The van der Waals surface area contributed by atoms with Crippen molar-refractivity contribution in [1.29, 1.82) is 0 Å². The van der Waals surface area contributed by atoms with E-state index >= 15 is 0 Å². The third-order valence-electron chi connectivity index (χ3n) is 1.90. The van der Waals surface area contributed by atoms with Crippen LogP contribution in [0.5, 0.6) is 5.75 Å². The average molecular weight is 241 g/mol. The van der Waals surface area contributed by atoms with Gasteiger partial charge in [-0.25, -0.2) is 0 Å². The first-order valence-corrected chi connectivity index (χ1v) is 3.91. The van der Waals surface area contributed by atoms with Crippen molar-refractivity contribution in [3.63, 3.8) is 0 Å². The summed E-state index contributed by atoms with van der Waals surface area (Å²) in [5.74, 6) is 0.887. The van der Waals surface area contributed by atoms with Crippen molar-refractivity contribution in [2.45, 2.75) is 26.7 Å². The fourth-order valence-corrected chi connectivity index (χ4v) is 0.986. The second-order valence-corrected chi connectivity index (χ2v) is 3.20. The van der Waals surface area contributed by atoms with Gasteiger partial charge in [0, 0.05) is 26.2 Å². The Bertz CT molecular complexity index is 256. The molecule has 0 aliphatic heterocycles. The van der Waals surface area contributed by atoms with Crippen LogP contribution in [0.4, 0.5) is 0 Å². The Hall–Kier alpha value is -0.0969. The summed E-state index contributed by atoms with van der Waals surface area (Å²) in [5.41, 5.74) is 2.13. The third-order valence-corrected chi connectivity index (χ3v) is 1.90. The Morgan fingerprint density at radius 3 is 2.25 bits per heavy atom. The number of phenols is 1. The summed E-state index contributed by atoms with van der Waals surface area (Å²) in [6.45, 7) is 6.13. The largest absolute Gasteiger partial charge is 0.508 e. The van der Waals surface area contributed by atoms with Crippen LogP contribution in [-0.4, -0.2) is 5.11 Å². The van der Waals surface area contributed by atoms with E-state index in [2.05, 4.69) is 19.9 Å². The normalized spacial score (nSPS) is 9.67. The van der Waals surface area contributed by atoms with Crippen molar-refractivity contribution in [2.75, 3.05) is 0 Å². The minimum atomic E-state index is 0. The van der Waals surface area contributed by atoms with Crippen LogP contribution in [0.1, 0.15) is 30.9 Å². The van der Waals surface area contributed by atoms with E-state index in [1.807, 2.05) is 19.1 Å². The summed E-state index contributed by atoms with van der Waals surface area (Å²) in [6.07, 6.45) is 0. The van der Waals surface area contributed by atoms with Crippen LogP contribution in [0.15, 0.2) is 18.2 Å². The van der Waals surface area contributed by atoms with Crippen molar-refractivity contribution in [2.24, 2.45) is 0 Å². The molecule has 0 saturated heterocycles. The molecule has 0 aliphatic rings. The number of hydrogen-bond acceptors (Lipinski definition) is 1. The first-order valence-electron chi connectivity index (χ1n) is 3.91. The van der Waals surface area contributed by atoms with E-state index < -0.39 is 0 Å². The molecule has 0 radical (unpaired) electrons. The van der Waals surface area contributed by atoms with Crippen molar-refractivity contribution < 1.29 is 31.3 Å². The Kier molecular flexibility index (Phi) is 4.78. The summed E-state index contributed by atoms with van der Waals surface area (Å²) >= 11 is 0. The molecule has 0 unspecified atom stereocenters. The van der Waals surface area contributed by atoms with E-state index in [4.69, 9.17) is 0 Å². The molecule has 0 saturated carbocycles. The van der Waals surface area contributed by atoms with Crippen molar-refractivity contribution >= 4 is 0 Å². The number of rotatable bonds is 1. The van der Waals surface area contributed by atoms with Gasteiger partial charge in [0.05, 0.1) is 0 Å². The van der Waals surface area contributed by atoms with E-state index in [-0.39, 0.29) is 26.2 Å². The molecule has 0 spiro atoms. The van der Waals surface area contributed by atoms with Gasteiger partial charge in [0.1, 0.15) is 5.75 Å². The summed E-state index contributed by atoms with van der Waals surface area (Å²) in [6, 6.07) is 5.84. The summed E-state index contributed by atoms with van der Waals surface area (Å²) in [5, 5.41) is 9.35. The zero-order chi connectivity index (χ0) is 8.43. The Morgan fingerprint density at radius 2 is 1.83 bits per heavy atom. The fraction of sp³-hybridized carbons (Fsp3) is 0.400. The standard InChI is InChI=1S/C10H14O.Zr/c1-7(2)9-5-4-8(3)10(11)6-9;/h4-7,11H,1-3H3;. The van der Waals surface area contributed by atoms with Crippen LogP contribution < -0.4 is 0 Å². The van der Waals surface area contributed by atoms with Crippen molar-refractivity contribution in [3.05, 3.63) is 29.3 Å². The van der Waals surface area contributed by atoms with Gasteiger partial charge in [-0.15, -0.1) is 0 Å². The van der Waals surface area contributed by atoms with Gasteiger partial charge in [-0.3, -0.25) is 0 Å². The van der Waals surface area contributed by atoms with Gasteiger partial charge >= 0.3 is 0 Å². The summed E-state index contributed by atoms with van der Waals surface area (Å²) in [7, 11) is 0. The van der Waals surface area contributed by atoms with E-state index in [0.717, 1.165) is 5.56 Å². The van der Waals surface area contributed by atoms with Crippen LogP contribution in [0.2, 0.25) is 0 Å². The van der Waals surface area contributed by atoms with Gasteiger partial charge in [0.2, 0.25) is 0 Å². The molecule has 2 heteroatoms. The van der Waals surface area contributed by atoms with Crippen molar-refractivity contribution in [3.8, 4) is 5.75 Å². The monoisotopic (exact) mass is 240 g/mol. The molecule has 1 aromatic carbocycles. The maximum atomic E-state index is 9.35. The van der Waals surface area contributed by atoms with Crippen LogP contribution in [0, 0.1) is 6.92 Å². The molecule has 0 aliphatic carbocycles. The van der Waals surface area contributed by atoms with Crippen LogP contribution in [-0.2, 0) is 26.2 Å². The molecular formula is C10H14OZr. The molecule has 1 rings (SSSR count). The number of aryl methyl sites for hydroxylation is 1. The van der Waals surface area contributed by atoms with E-state index in [9.17, 15) is 5.11 Å². The number of hydrogen-bond donors (Lipinski definition) is 1. The van der Waals surface area contributed by atoms with E-state index in [0.29, 0.717) is 11.7 Å². The molecular weight excluding hydrogens is 227 g/mol. The topological polar surface area (TPSA) is 20.2 Å². The number of phenolic OH excluding ortho intramolecular Hbond substituents is 1. The van der Waals surface area contributed by atoms with Crippen LogP contribution in [0.25, 0.3) is 0 Å². The molecule has 0 heterocycles. The molecule has 12 heavy (non-hydrogen) atoms.